The van der Waals surface area contributed by atoms with Crippen LogP contribution in [-0.2, 0) is 6.18 Å². The lowest BCUT2D eigenvalue weighted by Crippen LogP contribution is -2.17. The Balaban J connectivity index is 2.31. The molecule has 126 valence electrons. The zero-order valence-corrected chi connectivity index (χ0v) is 12.4. The summed E-state index contributed by atoms with van der Waals surface area (Å²) in [6.45, 7) is 1.64. The number of nitrogens with two attached hydrogens (primary N) is 1. The summed E-state index contributed by atoms with van der Waals surface area (Å²) < 4.78 is 51.3. The van der Waals surface area contributed by atoms with Crippen LogP contribution < -0.4 is 11.1 Å². The van der Waals surface area contributed by atoms with Crippen LogP contribution in [0.1, 0.15) is 31.8 Å². The third-order valence-corrected chi connectivity index (χ3v) is 3.29. The van der Waals surface area contributed by atoms with E-state index in [0.717, 1.165) is 6.07 Å². The van der Waals surface area contributed by atoms with Crippen LogP contribution in [0.2, 0.25) is 0 Å². The third-order valence-electron chi connectivity index (χ3n) is 3.29. The van der Waals surface area contributed by atoms with Crippen molar-refractivity contribution in [2.75, 3.05) is 5.32 Å². The number of anilines is 1. The monoisotopic (exact) mass is 340 g/mol. The van der Waals surface area contributed by atoms with Gasteiger partial charge in [0.15, 0.2) is 0 Å². The Morgan fingerprint density at radius 2 is 1.75 bits per heavy atom. The highest BCUT2D eigenvalue weighted by atomic mass is 19.4. The SMILES string of the molecule is Cc1ccc(NC(=O)c2ccc(F)c(C(F)(F)F)c2)cc1C(N)=O. The van der Waals surface area contributed by atoms with E-state index >= 15 is 0 Å². The molecule has 0 bridgehead atoms. The van der Waals surface area contributed by atoms with Gasteiger partial charge in [0, 0.05) is 16.8 Å². The Kier molecular flexibility index (Phi) is 4.59. The number of hydrogen-bond donors (Lipinski definition) is 2. The zero-order valence-electron chi connectivity index (χ0n) is 12.4. The van der Waals surface area contributed by atoms with Gasteiger partial charge in [-0.15, -0.1) is 0 Å². The molecule has 0 heterocycles. The average molecular weight is 340 g/mol. The van der Waals surface area contributed by atoms with Gasteiger partial charge in [0.25, 0.3) is 5.91 Å². The second-order valence-corrected chi connectivity index (χ2v) is 5.04. The maximum atomic E-state index is 13.2. The number of aryl methyl sites for hydroxylation is 1. The standard InChI is InChI=1S/C16H12F4N2O2/c1-8-2-4-10(7-11(8)14(21)23)22-15(24)9-3-5-13(17)12(6-9)16(18,19)20/h2-7H,1H3,(H2,21,23)(H,22,24). The van der Waals surface area contributed by atoms with E-state index < -0.39 is 29.4 Å². The second-order valence-electron chi connectivity index (χ2n) is 5.04. The molecular formula is C16H12F4N2O2. The lowest BCUT2D eigenvalue weighted by molar-refractivity contribution is -0.140. The fourth-order valence-electron chi connectivity index (χ4n) is 2.05. The van der Waals surface area contributed by atoms with Gasteiger partial charge in [-0.05, 0) is 42.8 Å². The first-order chi connectivity index (χ1) is 11.1. The molecule has 2 aromatic carbocycles. The summed E-state index contributed by atoms with van der Waals surface area (Å²) >= 11 is 0. The molecule has 8 heteroatoms. The summed E-state index contributed by atoms with van der Waals surface area (Å²) in [6.07, 6.45) is -4.91. The number of carbonyl (C=O) groups is 2. The van der Waals surface area contributed by atoms with Crippen molar-refractivity contribution < 1.29 is 27.2 Å². The molecule has 0 spiro atoms. The number of alkyl halides is 3. The molecule has 2 aromatic rings. The Hall–Kier alpha value is -2.90. The molecule has 0 saturated heterocycles. The summed E-state index contributed by atoms with van der Waals surface area (Å²) in [6, 6.07) is 6.23. The maximum Gasteiger partial charge on any atom is 0.419 e. The summed E-state index contributed by atoms with van der Waals surface area (Å²) in [5.74, 6) is -3.05. The summed E-state index contributed by atoms with van der Waals surface area (Å²) in [4.78, 5) is 23.3. The van der Waals surface area contributed by atoms with Crippen molar-refractivity contribution in [1.82, 2.24) is 0 Å². The van der Waals surface area contributed by atoms with Gasteiger partial charge in [0.2, 0.25) is 5.91 Å². The van der Waals surface area contributed by atoms with Gasteiger partial charge in [-0.1, -0.05) is 6.07 Å². The molecule has 0 unspecified atom stereocenters. The van der Waals surface area contributed by atoms with Crippen LogP contribution in [0.5, 0.6) is 0 Å². The minimum atomic E-state index is -4.91. The van der Waals surface area contributed by atoms with E-state index in [2.05, 4.69) is 5.32 Å². The average Bonchev–Trinajstić information content (AvgIpc) is 2.48. The van der Waals surface area contributed by atoms with E-state index in [1.54, 1.807) is 6.92 Å². The van der Waals surface area contributed by atoms with Crippen LogP contribution >= 0.6 is 0 Å². The minimum Gasteiger partial charge on any atom is -0.366 e. The molecule has 0 radical (unpaired) electrons. The Labute approximate surface area is 134 Å². The number of halogens is 4. The number of rotatable bonds is 3. The van der Waals surface area contributed by atoms with E-state index in [1.165, 1.54) is 18.2 Å². The summed E-state index contributed by atoms with van der Waals surface area (Å²) in [5.41, 5.74) is 4.22. The van der Waals surface area contributed by atoms with Crippen molar-refractivity contribution in [2.24, 2.45) is 5.73 Å². The minimum absolute atomic E-state index is 0.169. The molecule has 0 fully saturated rings. The fourth-order valence-corrected chi connectivity index (χ4v) is 2.05. The molecule has 0 saturated carbocycles. The second kappa shape index (κ2) is 6.31. The van der Waals surface area contributed by atoms with E-state index in [-0.39, 0.29) is 16.8 Å². The molecule has 0 atom stereocenters. The molecule has 0 aliphatic heterocycles. The van der Waals surface area contributed by atoms with Crippen LogP contribution in [0.4, 0.5) is 23.2 Å². The Morgan fingerprint density at radius 1 is 1.08 bits per heavy atom. The summed E-state index contributed by atoms with van der Waals surface area (Å²) in [7, 11) is 0. The van der Waals surface area contributed by atoms with Crippen LogP contribution in [0.15, 0.2) is 36.4 Å². The quantitative estimate of drug-likeness (QED) is 0.840. The molecule has 3 N–H and O–H groups in total. The van der Waals surface area contributed by atoms with Crippen LogP contribution in [0, 0.1) is 12.7 Å². The van der Waals surface area contributed by atoms with Crippen molar-refractivity contribution in [2.45, 2.75) is 13.1 Å². The van der Waals surface area contributed by atoms with Gasteiger partial charge in [-0.2, -0.15) is 13.2 Å². The maximum absolute atomic E-state index is 13.2. The van der Waals surface area contributed by atoms with Gasteiger partial charge in [-0.25, -0.2) is 4.39 Å². The van der Waals surface area contributed by atoms with Crippen LogP contribution in [0.3, 0.4) is 0 Å². The highest BCUT2D eigenvalue weighted by Gasteiger charge is 2.34. The lowest BCUT2D eigenvalue weighted by atomic mass is 10.1. The molecule has 4 nitrogen and oxygen atoms in total. The predicted molar refractivity (Wildman–Crippen MR) is 79.1 cm³/mol. The van der Waals surface area contributed by atoms with Crippen molar-refractivity contribution >= 4 is 17.5 Å². The van der Waals surface area contributed by atoms with Crippen molar-refractivity contribution in [3.8, 4) is 0 Å². The normalized spacial score (nSPS) is 11.2. The molecule has 0 aliphatic rings. The van der Waals surface area contributed by atoms with Gasteiger partial charge in [-0.3, -0.25) is 9.59 Å². The van der Waals surface area contributed by atoms with E-state index in [4.69, 9.17) is 5.73 Å². The first-order valence-electron chi connectivity index (χ1n) is 6.68. The summed E-state index contributed by atoms with van der Waals surface area (Å²) in [5, 5.41) is 2.34. The molecule has 24 heavy (non-hydrogen) atoms. The molecule has 2 rings (SSSR count). The zero-order chi connectivity index (χ0) is 18.1. The number of hydrogen-bond acceptors (Lipinski definition) is 2. The Bertz CT molecular complexity index is 816. The molecular weight excluding hydrogens is 328 g/mol. The topological polar surface area (TPSA) is 72.2 Å². The van der Waals surface area contributed by atoms with Crippen LogP contribution in [-0.4, -0.2) is 11.8 Å². The number of benzene rings is 2. The number of carbonyl (C=O) groups excluding carboxylic acids is 2. The highest BCUT2D eigenvalue weighted by Crippen LogP contribution is 2.32. The Morgan fingerprint density at radius 3 is 2.33 bits per heavy atom. The van der Waals surface area contributed by atoms with E-state index in [0.29, 0.717) is 17.7 Å². The molecule has 2 amide bonds. The van der Waals surface area contributed by atoms with Gasteiger partial charge < -0.3 is 11.1 Å². The molecule has 0 aromatic heterocycles. The van der Waals surface area contributed by atoms with Gasteiger partial charge in [0.05, 0.1) is 5.56 Å². The fraction of sp³-hybridized carbons (Fsp3) is 0.125. The predicted octanol–water partition coefficient (Wildman–Crippen LogP) is 3.50. The van der Waals surface area contributed by atoms with Crippen LogP contribution in [0.25, 0.3) is 0 Å². The number of amides is 2. The number of primary amides is 1. The van der Waals surface area contributed by atoms with Crippen molar-refractivity contribution in [3.63, 3.8) is 0 Å². The first-order valence-corrected chi connectivity index (χ1v) is 6.68. The number of nitrogens with one attached hydrogen (secondary N) is 1. The van der Waals surface area contributed by atoms with Gasteiger partial charge >= 0.3 is 6.18 Å². The van der Waals surface area contributed by atoms with E-state index in [9.17, 15) is 27.2 Å². The van der Waals surface area contributed by atoms with Crippen molar-refractivity contribution in [3.05, 3.63) is 64.5 Å². The molecule has 0 aliphatic carbocycles. The smallest absolute Gasteiger partial charge is 0.366 e. The largest absolute Gasteiger partial charge is 0.419 e. The third kappa shape index (κ3) is 3.70. The highest BCUT2D eigenvalue weighted by molar-refractivity contribution is 6.05. The van der Waals surface area contributed by atoms with Crippen molar-refractivity contribution in [1.29, 1.82) is 0 Å². The van der Waals surface area contributed by atoms with E-state index in [1.807, 2.05) is 0 Å². The lowest BCUT2D eigenvalue weighted by Gasteiger charge is -2.11. The van der Waals surface area contributed by atoms with Gasteiger partial charge in [0.1, 0.15) is 5.82 Å². The first kappa shape index (κ1) is 17.5.